The monoisotopic (exact) mass is 491 g/mol. The van der Waals surface area contributed by atoms with Crippen LogP contribution in [0, 0.1) is 5.41 Å². The maximum atomic E-state index is 13.2. The number of nitrogens with one attached hydrogen (secondary N) is 2. The largest absolute Gasteiger partial charge is 0.422 e. The van der Waals surface area contributed by atoms with Crippen molar-refractivity contribution in [3.63, 3.8) is 0 Å². The predicted octanol–water partition coefficient (Wildman–Crippen LogP) is 5.41. The van der Waals surface area contributed by atoms with Gasteiger partial charge in [-0.1, -0.05) is 55.1 Å². The summed E-state index contributed by atoms with van der Waals surface area (Å²) < 4.78 is 5.52. The van der Waals surface area contributed by atoms with Gasteiger partial charge in [-0.05, 0) is 50.1 Å². The quantitative estimate of drug-likeness (QED) is 0.337. The van der Waals surface area contributed by atoms with Crippen LogP contribution in [0.2, 0.25) is 10.0 Å². The van der Waals surface area contributed by atoms with E-state index in [-0.39, 0.29) is 45.1 Å². The molecule has 33 heavy (non-hydrogen) atoms. The first kappa shape index (κ1) is 25.0. The minimum absolute atomic E-state index is 0.0510. The first-order valence-corrected chi connectivity index (χ1v) is 11.7. The second kappa shape index (κ2) is 11.0. The van der Waals surface area contributed by atoms with E-state index in [0.29, 0.717) is 13.0 Å². The molecular weight excluding hydrogens is 465 g/mol. The number of carbonyl (C=O) groups is 3. The van der Waals surface area contributed by atoms with E-state index in [1.165, 1.54) is 0 Å². The van der Waals surface area contributed by atoms with E-state index < -0.39 is 17.3 Å². The van der Waals surface area contributed by atoms with E-state index in [1.807, 2.05) is 0 Å². The SMILES string of the molecule is CCC(=O)Oc1c(NC(=O)c2c(Cl)cccc2Cl)cccc1NC(=O)C1(CCN)CCCC1. The van der Waals surface area contributed by atoms with Crippen molar-refractivity contribution in [1.82, 2.24) is 0 Å². The van der Waals surface area contributed by atoms with Crippen LogP contribution in [0.4, 0.5) is 11.4 Å². The summed E-state index contributed by atoms with van der Waals surface area (Å²) in [5.41, 5.74) is 5.81. The highest BCUT2D eigenvalue weighted by atomic mass is 35.5. The van der Waals surface area contributed by atoms with Gasteiger partial charge in [0.15, 0.2) is 5.75 Å². The number of para-hydroxylation sites is 1. The van der Waals surface area contributed by atoms with Crippen molar-refractivity contribution in [2.45, 2.75) is 45.4 Å². The fourth-order valence-corrected chi connectivity index (χ4v) is 4.67. The molecule has 0 aromatic heterocycles. The van der Waals surface area contributed by atoms with Gasteiger partial charge in [0.2, 0.25) is 5.91 Å². The summed E-state index contributed by atoms with van der Waals surface area (Å²) in [6.07, 6.45) is 4.11. The standard InChI is InChI=1S/C24H27Cl2N3O4/c1-2-19(30)33-21-17(28-22(31)20-15(25)7-5-8-16(20)26)9-6-10-18(21)29-23(32)24(13-14-27)11-3-4-12-24/h5-10H,2-4,11-14,27H2,1H3,(H,28,31)(H,29,32). The molecule has 176 valence electrons. The van der Waals surface area contributed by atoms with Crippen molar-refractivity contribution >= 4 is 52.4 Å². The van der Waals surface area contributed by atoms with E-state index in [1.54, 1.807) is 43.3 Å². The molecule has 0 radical (unpaired) electrons. The number of rotatable bonds is 8. The Labute approximate surface area is 203 Å². The maximum Gasteiger partial charge on any atom is 0.311 e. The van der Waals surface area contributed by atoms with Gasteiger partial charge < -0.3 is 21.1 Å². The van der Waals surface area contributed by atoms with Gasteiger partial charge in [-0.3, -0.25) is 14.4 Å². The molecule has 9 heteroatoms. The molecule has 0 saturated heterocycles. The Morgan fingerprint density at radius 2 is 1.58 bits per heavy atom. The number of amides is 2. The Morgan fingerprint density at radius 1 is 1.00 bits per heavy atom. The summed E-state index contributed by atoms with van der Waals surface area (Å²) in [5, 5.41) is 5.97. The molecule has 0 bridgehead atoms. The van der Waals surface area contributed by atoms with Gasteiger partial charge in [0, 0.05) is 6.42 Å². The fraction of sp³-hybridized carbons (Fsp3) is 0.375. The average Bonchev–Trinajstić information content (AvgIpc) is 3.26. The highest BCUT2D eigenvalue weighted by molar-refractivity contribution is 6.40. The van der Waals surface area contributed by atoms with Crippen LogP contribution >= 0.6 is 23.2 Å². The Morgan fingerprint density at radius 3 is 2.15 bits per heavy atom. The molecule has 0 spiro atoms. The molecule has 1 aliphatic carbocycles. The second-order valence-electron chi connectivity index (χ2n) is 8.04. The minimum atomic E-state index is -0.571. The lowest BCUT2D eigenvalue weighted by molar-refractivity contribution is -0.134. The summed E-state index contributed by atoms with van der Waals surface area (Å²) in [7, 11) is 0. The summed E-state index contributed by atoms with van der Waals surface area (Å²) in [6.45, 7) is 2.06. The topological polar surface area (TPSA) is 111 Å². The molecule has 0 heterocycles. The Kier molecular flexibility index (Phi) is 8.35. The van der Waals surface area contributed by atoms with Crippen molar-refractivity contribution in [3.8, 4) is 5.75 Å². The van der Waals surface area contributed by atoms with Gasteiger partial charge in [0.05, 0.1) is 32.4 Å². The van der Waals surface area contributed by atoms with Gasteiger partial charge >= 0.3 is 5.97 Å². The van der Waals surface area contributed by atoms with Crippen LogP contribution in [-0.2, 0) is 9.59 Å². The third-order valence-corrected chi connectivity index (χ3v) is 6.50. The minimum Gasteiger partial charge on any atom is -0.422 e. The predicted molar refractivity (Wildman–Crippen MR) is 130 cm³/mol. The Hall–Kier alpha value is -2.61. The average molecular weight is 492 g/mol. The number of ether oxygens (including phenoxy) is 1. The number of benzene rings is 2. The highest BCUT2D eigenvalue weighted by Gasteiger charge is 2.40. The zero-order valence-electron chi connectivity index (χ0n) is 18.4. The summed E-state index contributed by atoms with van der Waals surface area (Å²) in [6, 6.07) is 9.57. The molecule has 2 aromatic rings. The number of hydrogen-bond acceptors (Lipinski definition) is 5. The zero-order valence-corrected chi connectivity index (χ0v) is 19.9. The van der Waals surface area contributed by atoms with Gasteiger partial charge in [-0.15, -0.1) is 0 Å². The molecule has 7 nitrogen and oxygen atoms in total. The van der Waals surface area contributed by atoms with Gasteiger partial charge in [0.1, 0.15) is 0 Å². The van der Waals surface area contributed by atoms with Crippen molar-refractivity contribution in [2.75, 3.05) is 17.2 Å². The van der Waals surface area contributed by atoms with Crippen molar-refractivity contribution < 1.29 is 19.1 Å². The van der Waals surface area contributed by atoms with Crippen LogP contribution in [0.25, 0.3) is 0 Å². The molecule has 3 rings (SSSR count). The molecule has 2 aromatic carbocycles. The third kappa shape index (κ3) is 5.66. The number of hydrogen-bond donors (Lipinski definition) is 3. The van der Waals surface area contributed by atoms with E-state index in [2.05, 4.69) is 10.6 Å². The molecule has 0 atom stereocenters. The molecule has 0 unspecified atom stereocenters. The lowest BCUT2D eigenvalue weighted by atomic mass is 9.81. The van der Waals surface area contributed by atoms with E-state index >= 15 is 0 Å². The molecule has 1 aliphatic rings. The lowest BCUT2D eigenvalue weighted by Crippen LogP contribution is -2.36. The molecule has 0 aliphatic heterocycles. The number of anilines is 2. The maximum absolute atomic E-state index is 13.2. The van der Waals surface area contributed by atoms with E-state index in [4.69, 9.17) is 33.7 Å². The van der Waals surface area contributed by atoms with Crippen molar-refractivity contribution in [2.24, 2.45) is 11.1 Å². The summed E-state index contributed by atoms with van der Waals surface area (Å²) in [4.78, 5) is 38.3. The van der Waals surface area contributed by atoms with Crippen LogP contribution in [0.1, 0.15) is 55.8 Å². The molecule has 4 N–H and O–H groups in total. The lowest BCUT2D eigenvalue weighted by Gasteiger charge is -2.27. The highest BCUT2D eigenvalue weighted by Crippen LogP contribution is 2.43. The summed E-state index contributed by atoms with van der Waals surface area (Å²) >= 11 is 12.3. The number of esters is 1. The first-order chi connectivity index (χ1) is 15.8. The van der Waals surface area contributed by atoms with E-state index in [9.17, 15) is 14.4 Å². The Balaban J connectivity index is 1.95. The van der Waals surface area contributed by atoms with Crippen LogP contribution in [0.3, 0.4) is 0 Å². The molecular formula is C24H27Cl2N3O4. The first-order valence-electron chi connectivity index (χ1n) is 10.9. The second-order valence-corrected chi connectivity index (χ2v) is 8.86. The molecule has 1 saturated carbocycles. The van der Waals surface area contributed by atoms with Crippen LogP contribution in [-0.4, -0.2) is 24.3 Å². The van der Waals surface area contributed by atoms with Crippen molar-refractivity contribution in [1.29, 1.82) is 0 Å². The summed E-state index contributed by atoms with van der Waals surface area (Å²) in [5.74, 6) is -1.20. The van der Waals surface area contributed by atoms with Crippen LogP contribution in [0.15, 0.2) is 36.4 Å². The number of nitrogens with two attached hydrogens (primary N) is 1. The van der Waals surface area contributed by atoms with Crippen LogP contribution < -0.4 is 21.1 Å². The smallest absolute Gasteiger partial charge is 0.311 e. The van der Waals surface area contributed by atoms with E-state index in [0.717, 1.165) is 25.7 Å². The zero-order chi connectivity index (χ0) is 24.0. The van der Waals surface area contributed by atoms with Crippen molar-refractivity contribution in [3.05, 3.63) is 52.0 Å². The Bertz CT molecular complexity index is 1030. The normalized spacial score (nSPS) is 14.5. The number of halogens is 2. The third-order valence-electron chi connectivity index (χ3n) is 5.87. The fourth-order valence-electron chi connectivity index (χ4n) is 4.10. The van der Waals surface area contributed by atoms with Crippen LogP contribution in [0.5, 0.6) is 5.75 Å². The van der Waals surface area contributed by atoms with Gasteiger partial charge in [-0.2, -0.15) is 0 Å². The number of carbonyl (C=O) groups excluding carboxylic acids is 3. The molecule has 1 fully saturated rings. The van der Waals surface area contributed by atoms with Gasteiger partial charge in [0.25, 0.3) is 5.91 Å². The molecule has 2 amide bonds. The van der Waals surface area contributed by atoms with Gasteiger partial charge in [-0.25, -0.2) is 0 Å².